The third kappa shape index (κ3) is 5.38. The van der Waals surface area contributed by atoms with Crippen LogP contribution < -0.4 is 21.5 Å². The number of hydrogen-bond donors (Lipinski definition) is 3. The van der Waals surface area contributed by atoms with Gasteiger partial charge in [-0.2, -0.15) is 13.2 Å². The van der Waals surface area contributed by atoms with Gasteiger partial charge in [0, 0.05) is 18.3 Å². The number of nitrogens with zero attached hydrogens (tertiary/aromatic N) is 2. The molecule has 12 heteroatoms. The van der Waals surface area contributed by atoms with Crippen molar-refractivity contribution in [2.24, 2.45) is 5.73 Å². The molecule has 2 heterocycles. The first-order chi connectivity index (χ1) is 17.0. The summed E-state index contributed by atoms with van der Waals surface area (Å²) in [5, 5.41) is 2.47. The maximum Gasteiger partial charge on any atom is 0.418 e. The fraction of sp³-hybridized carbons (Fsp3) is 0.292. The number of nitrogen functional groups attached to an aromatic ring is 1. The van der Waals surface area contributed by atoms with E-state index in [1.807, 2.05) is 0 Å². The topological polar surface area (TPSA) is 116 Å². The molecule has 36 heavy (non-hydrogen) atoms. The number of amides is 1. The van der Waals surface area contributed by atoms with Crippen LogP contribution in [0.1, 0.15) is 41.7 Å². The summed E-state index contributed by atoms with van der Waals surface area (Å²) in [6.07, 6.45) is 0.518. The number of hydrogen-bond acceptors (Lipinski definition) is 6. The van der Waals surface area contributed by atoms with E-state index in [0.29, 0.717) is 18.9 Å². The Kier molecular flexibility index (Phi) is 7.07. The lowest BCUT2D eigenvalue weighted by molar-refractivity contribution is -0.137. The monoisotopic (exact) mass is 507 g/mol. The summed E-state index contributed by atoms with van der Waals surface area (Å²) in [5.74, 6) is -3.29. The summed E-state index contributed by atoms with van der Waals surface area (Å²) in [4.78, 5) is 20.6. The molecule has 7 nitrogen and oxygen atoms in total. The largest absolute Gasteiger partial charge is 0.488 e. The van der Waals surface area contributed by atoms with E-state index in [9.17, 15) is 26.7 Å². The van der Waals surface area contributed by atoms with E-state index in [1.54, 1.807) is 0 Å². The fourth-order valence-electron chi connectivity index (χ4n) is 3.99. The number of rotatable bonds is 5. The lowest BCUT2D eigenvalue weighted by Crippen LogP contribution is -2.31. The highest BCUT2D eigenvalue weighted by Crippen LogP contribution is 2.40. The molecule has 1 aliphatic carbocycles. The smallest absolute Gasteiger partial charge is 0.418 e. The van der Waals surface area contributed by atoms with Crippen LogP contribution in [-0.2, 0) is 6.18 Å². The summed E-state index contributed by atoms with van der Waals surface area (Å²) in [6.45, 7) is 0. The molecule has 0 atom stereocenters. The van der Waals surface area contributed by atoms with Gasteiger partial charge in [0.2, 0.25) is 0 Å². The van der Waals surface area contributed by atoms with Crippen LogP contribution in [0, 0.1) is 11.6 Å². The first kappa shape index (κ1) is 25.3. The van der Waals surface area contributed by atoms with Crippen molar-refractivity contribution in [1.29, 1.82) is 0 Å². The van der Waals surface area contributed by atoms with E-state index in [-0.39, 0.29) is 23.6 Å². The van der Waals surface area contributed by atoms with Gasteiger partial charge < -0.3 is 21.5 Å². The molecule has 4 rings (SSSR count). The van der Waals surface area contributed by atoms with Gasteiger partial charge in [0.15, 0.2) is 5.69 Å². The van der Waals surface area contributed by atoms with Crippen molar-refractivity contribution >= 4 is 17.3 Å². The molecule has 0 aliphatic heterocycles. The van der Waals surface area contributed by atoms with Crippen LogP contribution in [0.15, 0.2) is 42.7 Å². The number of aromatic nitrogens is 2. The Labute approximate surface area is 202 Å². The second-order valence-corrected chi connectivity index (χ2v) is 8.40. The summed E-state index contributed by atoms with van der Waals surface area (Å²) in [6, 6.07) is 4.62. The highest BCUT2D eigenvalue weighted by molar-refractivity contribution is 6.07. The van der Waals surface area contributed by atoms with Crippen LogP contribution in [-0.4, -0.2) is 28.0 Å². The zero-order valence-electron chi connectivity index (χ0n) is 18.8. The Bertz CT molecular complexity index is 1260. The summed E-state index contributed by atoms with van der Waals surface area (Å²) >= 11 is 0. The van der Waals surface area contributed by atoms with E-state index in [1.165, 1.54) is 18.5 Å². The number of ether oxygens (including phenoxy) is 1. The third-order valence-electron chi connectivity index (χ3n) is 5.81. The molecule has 3 aromatic rings. The summed E-state index contributed by atoms with van der Waals surface area (Å²) in [5.41, 5.74) is 6.87. The van der Waals surface area contributed by atoms with Gasteiger partial charge in [0.05, 0.1) is 34.8 Å². The Morgan fingerprint density at radius 2 is 1.75 bits per heavy atom. The van der Waals surface area contributed by atoms with Crippen LogP contribution >= 0.6 is 0 Å². The molecule has 190 valence electrons. The van der Waals surface area contributed by atoms with E-state index in [0.717, 1.165) is 31.0 Å². The molecule has 1 aliphatic rings. The molecule has 1 amide bonds. The van der Waals surface area contributed by atoms with Gasteiger partial charge in [-0.05, 0) is 43.9 Å². The first-order valence-corrected chi connectivity index (χ1v) is 11.0. The van der Waals surface area contributed by atoms with Crippen LogP contribution in [0.2, 0.25) is 0 Å². The van der Waals surface area contributed by atoms with Crippen molar-refractivity contribution in [3.63, 3.8) is 0 Å². The third-order valence-corrected chi connectivity index (χ3v) is 5.81. The van der Waals surface area contributed by atoms with Gasteiger partial charge in [-0.3, -0.25) is 9.78 Å². The molecule has 1 saturated carbocycles. The van der Waals surface area contributed by atoms with Crippen LogP contribution in [0.25, 0.3) is 11.3 Å². The number of alkyl halides is 3. The fourth-order valence-corrected chi connectivity index (χ4v) is 3.99. The number of anilines is 2. The molecular formula is C24H22F5N5O2. The highest BCUT2D eigenvalue weighted by Gasteiger charge is 2.37. The van der Waals surface area contributed by atoms with Crippen LogP contribution in [0.3, 0.4) is 0 Å². The van der Waals surface area contributed by atoms with Crippen LogP contribution in [0.5, 0.6) is 5.75 Å². The number of nitrogens with one attached hydrogen (secondary N) is 1. The van der Waals surface area contributed by atoms with Crippen molar-refractivity contribution in [1.82, 2.24) is 9.97 Å². The molecular weight excluding hydrogens is 485 g/mol. The second-order valence-electron chi connectivity index (χ2n) is 8.40. The molecule has 0 saturated heterocycles. The van der Waals surface area contributed by atoms with E-state index in [2.05, 4.69) is 15.3 Å². The van der Waals surface area contributed by atoms with Gasteiger partial charge in [-0.15, -0.1) is 0 Å². The average molecular weight is 507 g/mol. The summed E-state index contributed by atoms with van der Waals surface area (Å²) < 4.78 is 75.8. The number of halogens is 5. The van der Waals surface area contributed by atoms with Gasteiger partial charge in [0.1, 0.15) is 23.1 Å². The number of carbonyl (C=O) groups is 1. The Morgan fingerprint density at radius 1 is 1.08 bits per heavy atom. The highest BCUT2D eigenvalue weighted by atomic mass is 19.4. The standard InChI is InChI=1S/C24H22F5N5O2/c25-15-2-1-3-16(26)20(15)21-14(24(27,28)29)10-17(31)22(34-21)23(35)33-18-11-32-9-8-19(18)36-13-6-4-12(30)5-7-13/h1-3,8-13H,4-7,30-31H2,(H,33,35)/t12-,13-. The lowest BCUT2D eigenvalue weighted by Gasteiger charge is -2.27. The molecule has 0 unspecified atom stereocenters. The van der Waals surface area contributed by atoms with Gasteiger partial charge in [-0.25, -0.2) is 13.8 Å². The lowest BCUT2D eigenvalue weighted by atomic mass is 9.94. The molecule has 0 radical (unpaired) electrons. The quantitative estimate of drug-likeness (QED) is 0.422. The Hall–Kier alpha value is -3.80. The predicted octanol–water partition coefficient (Wildman–Crippen LogP) is 4.92. The second kappa shape index (κ2) is 10.1. The number of pyridine rings is 2. The molecule has 1 aromatic carbocycles. The Morgan fingerprint density at radius 3 is 2.39 bits per heavy atom. The van der Waals surface area contributed by atoms with Crippen molar-refractivity contribution in [3.05, 3.63) is 65.6 Å². The molecule has 0 bridgehead atoms. The van der Waals surface area contributed by atoms with Crippen LogP contribution in [0.4, 0.5) is 33.3 Å². The average Bonchev–Trinajstić information content (AvgIpc) is 2.81. The minimum absolute atomic E-state index is 0.101. The maximum atomic E-state index is 14.4. The van der Waals surface area contributed by atoms with Crippen molar-refractivity contribution in [3.8, 4) is 17.0 Å². The SMILES string of the molecule is Nc1cc(C(F)(F)F)c(-c2c(F)cccc2F)nc1C(=O)Nc1cnccc1O[C@H]1CC[C@H](N)CC1. The van der Waals surface area contributed by atoms with Crippen molar-refractivity contribution in [2.45, 2.75) is 44.0 Å². The first-order valence-electron chi connectivity index (χ1n) is 11.0. The minimum atomic E-state index is -5.05. The normalized spacial score (nSPS) is 18.1. The Balaban J connectivity index is 1.69. The number of benzene rings is 1. The maximum absolute atomic E-state index is 14.4. The van der Waals surface area contributed by atoms with E-state index < -0.39 is 51.9 Å². The minimum Gasteiger partial charge on any atom is -0.488 e. The molecule has 5 N–H and O–H groups in total. The zero-order valence-corrected chi connectivity index (χ0v) is 18.8. The van der Waals surface area contributed by atoms with E-state index >= 15 is 0 Å². The number of nitrogens with two attached hydrogens (primary N) is 2. The van der Waals surface area contributed by atoms with Crippen molar-refractivity contribution in [2.75, 3.05) is 11.1 Å². The predicted molar refractivity (Wildman–Crippen MR) is 122 cm³/mol. The molecule has 0 spiro atoms. The molecule has 1 fully saturated rings. The number of carbonyl (C=O) groups excluding carboxylic acids is 1. The summed E-state index contributed by atoms with van der Waals surface area (Å²) in [7, 11) is 0. The van der Waals surface area contributed by atoms with Gasteiger partial charge in [0.25, 0.3) is 5.91 Å². The zero-order chi connectivity index (χ0) is 26.0. The van der Waals surface area contributed by atoms with Gasteiger partial charge in [-0.1, -0.05) is 6.07 Å². The molecule has 2 aromatic heterocycles. The van der Waals surface area contributed by atoms with Crippen molar-refractivity contribution < 1.29 is 31.5 Å². The van der Waals surface area contributed by atoms with Gasteiger partial charge >= 0.3 is 6.18 Å². The van der Waals surface area contributed by atoms with E-state index in [4.69, 9.17) is 16.2 Å².